The third-order valence-corrected chi connectivity index (χ3v) is 4.59. The molecule has 2 N–H and O–H groups in total. The first-order valence-corrected chi connectivity index (χ1v) is 7.55. The molecule has 0 aromatic heterocycles. The van der Waals surface area contributed by atoms with E-state index in [1.165, 1.54) is 34.9 Å². The van der Waals surface area contributed by atoms with Crippen molar-refractivity contribution in [2.24, 2.45) is 5.41 Å². The Balaban J connectivity index is 1.86. The van der Waals surface area contributed by atoms with E-state index in [1.54, 1.807) is 0 Å². The van der Waals surface area contributed by atoms with Crippen LogP contribution in [0.5, 0.6) is 0 Å². The molecule has 100 valence electrons. The average Bonchev–Trinajstić information content (AvgIpc) is 2.30. The minimum absolute atomic E-state index is 0.509. The average molecular weight is 311 g/mol. The van der Waals surface area contributed by atoms with Crippen molar-refractivity contribution in [2.45, 2.75) is 32.7 Å². The maximum absolute atomic E-state index is 3.64. The standard InChI is InChI=1S/C15H23BrN2/c1-12-4-5-14(16)8-13(12)9-18-11-15(10-17-2)6-3-7-15/h4-5,8,17-18H,3,6-7,9-11H2,1-2H3. The number of hydrogen-bond acceptors (Lipinski definition) is 2. The molecule has 1 fully saturated rings. The number of halogens is 1. The first-order chi connectivity index (χ1) is 8.65. The molecule has 2 nitrogen and oxygen atoms in total. The van der Waals surface area contributed by atoms with Crippen molar-refractivity contribution in [2.75, 3.05) is 20.1 Å². The van der Waals surface area contributed by atoms with Gasteiger partial charge in [0.15, 0.2) is 0 Å². The van der Waals surface area contributed by atoms with Gasteiger partial charge in [-0.2, -0.15) is 0 Å². The summed E-state index contributed by atoms with van der Waals surface area (Å²) in [5, 5.41) is 6.97. The maximum atomic E-state index is 3.64. The molecule has 0 aliphatic heterocycles. The van der Waals surface area contributed by atoms with Gasteiger partial charge in [-0.05, 0) is 55.5 Å². The maximum Gasteiger partial charge on any atom is 0.0208 e. The Kier molecular flexibility index (Phi) is 4.82. The summed E-state index contributed by atoms with van der Waals surface area (Å²) in [6.45, 7) is 5.41. The molecule has 0 atom stereocenters. The predicted molar refractivity (Wildman–Crippen MR) is 80.8 cm³/mol. The molecule has 0 spiro atoms. The topological polar surface area (TPSA) is 24.1 Å². The van der Waals surface area contributed by atoms with Crippen LogP contribution < -0.4 is 10.6 Å². The van der Waals surface area contributed by atoms with Crippen molar-refractivity contribution in [3.63, 3.8) is 0 Å². The normalized spacial score (nSPS) is 17.5. The summed E-state index contributed by atoms with van der Waals surface area (Å²) in [4.78, 5) is 0. The first kappa shape index (κ1) is 14.0. The SMILES string of the molecule is CNCC1(CNCc2cc(Br)ccc2C)CCC1. The summed E-state index contributed by atoms with van der Waals surface area (Å²) in [6.07, 6.45) is 4.11. The van der Waals surface area contributed by atoms with E-state index in [1.807, 2.05) is 0 Å². The summed E-state index contributed by atoms with van der Waals surface area (Å²) in [5.74, 6) is 0. The van der Waals surface area contributed by atoms with E-state index in [-0.39, 0.29) is 0 Å². The summed E-state index contributed by atoms with van der Waals surface area (Å²) >= 11 is 3.54. The zero-order valence-corrected chi connectivity index (χ0v) is 12.9. The number of aryl methyl sites for hydroxylation is 1. The second-order valence-electron chi connectivity index (χ2n) is 5.56. The lowest BCUT2D eigenvalue weighted by atomic mass is 9.68. The fourth-order valence-electron chi connectivity index (χ4n) is 2.76. The van der Waals surface area contributed by atoms with Crippen LogP contribution in [-0.4, -0.2) is 20.1 Å². The zero-order chi connectivity index (χ0) is 13.0. The van der Waals surface area contributed by atoms with Crippen molar-refractivity contribution < 1.29 is 0 Å². The van der Waals surface area contributed by atoms with E-state index in [9.17, 15) is 0 Å². The minimum Gasteiger partial charge on any atom is -0.319 e. The van der Waals surface area contributed by atoms with E-state index in [2.05, 4.69) is 58.7 Å². The number of hydrogen-bond donors (Lipinski definition) is 2. The molecule has 0 radical (unpaired) electrons. The molecule has 0 heterocycles. The molecule has 2 rings (SSSR count). The molecule has 1 aromatic rings. The highest BCUT2D eigenvalue weighted by Gasteiger charge is 2.35. The summed E-state index contributed by atoms with van der Waals surface area (Å²) in [5.41, 5.74) is 3.26. The van der Waals surface area contributed by atoms with Gasteiger partial charge in [0.05, 0.1) is 0 Å². The van der Waals surface area contributed by atoms with Crippen LogP contribution >= 0.6 is 15.9 Å². The zero-order valence-electron chi connectivity index (χ0n) is 11.4. The highest BCUT2D eigenvalue weighted by molar-refractivity contribution is 9.10. The summed E-state index contributed by atoms with van der Waals surface area (Å²) < 4.78 is 1.17. The second kappa shape index (κ2) is 6.18. The molecule has 1 saturated carbocycles. The van der Waals surface area contributed by atoms with Crippen molar-refractivity contribution in [1.29, 1.82) is 0 Å². The molecule has 1 aromatic carbocycles. The van der Waals surface area contributed by atoms with Gasteiger partial charge in [0.25, 0.3) is 0 Å². The fraction of sp³-hybridized carbons (Fsp3) is 0.600. The Bertz CT molecular complexity index is 399. The third-order valence-electron chi connectivity index (χ3n) is 4.09. The van der Waals surface area contributed by atoms with E-state index in [4.69, 9.17) is 0 Å². The Morgan fingerprint density at radius 3 is 2.67 bits per heavy atom. The van der Waals surface area contributed by atoms with Gasteiger partial charge in [0.2, 0.25) is 0 Å². The fourth-order valence-corrected chi connectivity index (χ4v) is 3.17. The van der Waals surface area contributed by atoms with Crippen molar-refractivity contribution in [3.8, 4) is 0 Å². The van der Waals surface area contributed by atoms with Crippen LogP contribution in [0.25, 0.3) is 0 Å². The van der Waals surface area contributed by atoms with Gasteiger partial charge in [-0.15, -0.1) is 0 Å². The largest absolute Gasteiger partial charge is 0.319 e. The molecule has 0 amide bonds. The van der Waals surface area contributed by atoms with Crippen LogP contribution in [0, 0.1) is 12.3 Å². The van der Waals surface area contributed by atoms with Crippen LogP contribution in [0.1, 0.15) is 30.4 Å². The van der Waals surface area contributed by atoms with Crippen LogP contribution in [0.2, 0.25) is 0 Å². The summed E-state index contributed by atoms with van der Waals surface area (Å²) in [7, 11) is 2.05. The van der Waals surface area contributed by atoms with Crippen LogP contribution in [-0.2, 0) is 6.54 Å². The van der Waals surface area contributed by atoms with Crippen molar-refractivity contribution in [3.05, 3.63) is 33.8 Å². The van der Waals surface area contributed by atoms with Gasteiger partial charge in [-0.25, -0.2) is 0 Å². The van der Waals surface area contributed by atoms with Gasteiger partial charge >= 0.3 is 0 Å². The van der Waals surface area contributed by atoms with Gasteiger partial charge in [0.1, 0.15) is 0 Å². The van der Waals surface area contributed by atoms with Crippen LogP contribution in [0.15, 0.2) is 22.7 Å². The van der Waals surface area contributed by atoms with Crippen LogP contribution in [0.3, 0.4) is 0 Å². The Hall–Kier alpha value is -0.380. The lowest BCUT2D eigenvalue weighted by Crippen LogP contribution is -2.46. The number of nitrogens with one attached hydrogen (secondary N) is 2. The second-order valence-corrected chi connectivity index (χ2v) is 6.47. The van der Waals surface area contributed by atoms with Crippen molar-refractivity contribution >= 4 is 15.9 Å². The molecule has 3 heteroatoms. The van der Waals surface area contributed by atoms with Crippen LogP contribution in [0.4, 0.5) is 0 Å². The highest BCUT2D eigenvalue weighted by atomic mass is 79.9. The molecule has 0 bridgehead atoms. The highest BCUT2D eigenvalue weighted by Crippen LogP contribution is 2.39. The predicted octanol–water partition coefficient (Wildman–Crippen LogP) is 3.24. The van der Waals surface area contributed by atoms with Gasteiger partial charge < -0.3 is 10.6 Å². The van der Waals surface area contributed by atoms with Gasteiger partial charge in [-0.3, -0.25) is 0 Å². The monoisotopic (exact) mass is 310 g/mol. The summed E-state index contributed by atoms with van der Waals surface area (Å²) in [6, 6.07) is 6.49. The number of rotatable bonds is 6. The van der Waals surface area contributed by atoms with Crippen molar-refractivity contribution in [1.82, 2.24) is 10.6 Å². The Morgan fingerprint density at radius 2 is 2.06 bits per heavy atom. The lowest BCUT2D eigenvalue weighted by molar-refractivity contribution is 0.130. The molecule has 18 heavy (non-hydrogen) atoms. The molecule has 1 aliphatic rings. The van der Waals surface area contributed by atoms with E-state index in [0.717, 1.165) is 19.6 Å². The third kappa shape index (κ3) is 3.34. The molecular formula is C15H23BrN2. The molecular weight excluding hydrogens is 288 g/mol. The van der Waals surface area contributed by atoms with Gasteiger partial charge in [-0.1, -0.05) is 28.4 Å². The molecule has 1 aliphatic carbocycles. The smallest absolute Gasteiger partial charge is 0.0208 e. The number of benzene rings is 1. The van der Waals surface area contributed by atoms with E-state index in [0.29, 0.717) is 5.41 Å². The molecule has 0 saturated heterocycles. The first-order valence-electron chi connectivity index (χ1n) is 6.76. The van der Waals surface area contributed by atoms with E-state index >= 15 is 0 Å². The molecule has 0 unspecified atom stereocenters. The van der Waals surface area contributed by atoms with E-state index < -0.39 is 0 Å². The minimum atomic E-state index is 0.509. The Labute approximate surface area is 119 Å². The van der Waals surface area contributed by atoms with Gasteiger partial charge in [0, 0.05) is 24.1 Å². The quantitative estimate of drug-likeness (QED) is 0.843. The lowest BCUT2D eigenvalue weighted by Gasteiger charge is -2.42. The Morgan fingerprint density at radius 1 is 1.28 bits per heavy atom.